The Hall–Kier alpha value is -1.32. The summed E-state index contributed by atoms with van der Waals surface area (Å²) in [6.07, 6.45) is -6.42. The van der Waals surface area contributed by atoms with Crippen LogP contribution in [0.4, 0.5) is 74.6 Å². The zero-order valence-electron chi connectivity index (χ0n) is 15.1. The SMILES string of the molecule is CCC(F)C(F)(F)C(F)(F)C(F)(F)C(F)(F)C(F)(F)C(F)(F)C(F)(F)C(F)(F)S(=O)(=O)O.N. The van der Waals surface area contributed by atoms with Crippen LogP contribution in [0.25, 0.3) is 0 Å². The van der Waals surface area contributed by atoms with E-state index in [9.17, 15) is 83.1 Å². The normalized spacial score (nSPS) is 16.9. The molecule has 1 unspecified atom stereocenters. The van der Waals surface area contributed by atoms with Crippen molar-refractivity contribution in [2.45, 2.75) is 66.2 Å². The molecule has 4 N–H and O–H groups in total. The zero-order chi connectivity index (χ0) is 26.8. The van der Waals surface area contributed by atoms with Gasteiger partial charge < -0.3 is 6.15 Å². The number of hydrogen-bond acceptors (Lipinski definition) is 3. The Morgan fingerprint density at radius 2 is 0.848 bits per heavy atom. The molecule has 0 saturated carbocycles. The first-order valence-electron chi connectivity index (χ1n) is 7.12. The first kappa shape index (κ1) is 33.9. The van der Waals surface area contributed by atoms with Gasteiger partial charge in [-0.3, -0.25) is 4.55 Å². The summed E-state index contributed by atoms with van der Waals surface area (Å²) in [6, 6.07) is 0. The lowest BCUT2D eigenvalue weighted by Crippen LogP contribution is -2.75. The molecule has 4 nitrogen and oxygen atoms in total. The molecule has 0 aromatic rings. The summed E-state index contributed by atoms with van der Waals surface area (Å²) in [4.78, 5) is 0. The van der Waals surface area contributed by atoms with E-state index in [2.05, 4.69) is 0 Å². The average Bonchev–Trinajstić information content (AvgIpc) is 2.58. The highest BCUT2D eigenvalue weighted by atomic mass is 32.2. The molecule has 0 aliphatic carbocycles. The van der Waals surface area contributed by atoms with E-state index in [1.165, 1.54) is 0 Å². The van der Waals surface area contributed by atoms with Crippen molar-refractivity contribution in [2.24, 2.45) is 0 Å². The molecular weight excluding hydrogens is 549 g/mol. The Morgan fingerprint density at radius 1 is 0.606 bits per heavy atom. The van der Waals surface area contributed by atoms with Crippen molar-refractivity contribution in [3.8, 4) is 0 Å². The van der Waals surface area contributed by atoms with Gasteiger partial charge in [0.1, 0.15) is 0 Å². The minimum absolute atomic E-state index is 0. The monoisotopic (exact) mass is 559 g/mol. The van der Waals surface area contributed by atoms with Gasteiger partial charge in [0.05, 0.1) is 0 Å². The van der Waals surface area contributed by atoms with Crippen LogP contribution in [0.2, 0.25) is 0 Å². The lowest BCUT2D eigenvalue weighted by atomic mass is 9.88. The standard InChI is InChI=1S/C11H7F17O3S.H3N/c1-2-3(12)4(13,14)5(15,16)6(17,18)7(19,20)8(21,22)9(23,24)10(25,26)11(27,28)32(29,30)31;/h3H,2H2,1H3,(H,29,30,31);1H3. The smallest absolute Gasteiger partial charge is 0.344 e. The third-order valence-corrected chi connectivity index (χ3v) is 4.74. The third kappa shape index (κ3) is 4.08. The van der Waals surface area contributed by atoms with E-state index >= 15 is 0 Å². The van der Waals surface area contributed by atoms with Crippen molar-refractivity contribution in [2.75, 3.05) is 0 Å². The van der Waals surface area contributed by atoms with Gasteiger partial charge in [0, 0.05) is 0 Å². The van der Waals surface area contributed by atoms with Gasteiger partial charge >= 0.3 is 56.8 Å². The van der Waals surface area contributed by atoms with Crippen molar-refractivity contribution in [3.05, 3.63) is 0 Å². The highest BCUT2D eigenvalue weighted by molar-refractivity contribution is 7.87. The van der Waals surface area contributed by atoms with Gasteiger partial charge in [0.25, 0.3) is 0 Å². The van der Waals surface area contributed by atoms with Crippen molar-refractivity contribution in [1.82, 2.24) is 6.15 Å². The molecule has 202 valence electrons. The highest BCUT2D eigenvalue weighted by Crippen LogP contribution is 2.64. The van der Waals surface area contributed by atoms with Crippen molar-refractivity contribution < 1.29 is 87.6 Å². The van der Waals surface area contributed by atoms with Crippen LogP contribution in [-0.2, 0) is 10.1 Å². The van der Waals surface area contributed by atoms with E-state index < -0.39 is 69.4 Å². The van der Waals surface area contributed by atoms with Crippen LogP contribution < -0.4 is 6.15 Å². The predicted molar refractivity (Wildman–Crippen MR) is 71.3 cm³/mol. The molecule has 0 bridgehead atoms. The Kier molecular flexibility index (Phi) is 8.63. The van der Waals surface area contributed by atoms with Crippen LogP contribution in [0.3, 0.4) is 0 Å². The van der Waals surface area contributed by atoms with Gasteiger partial charge in [-0.25, -0.2) is 4.39 Å². The molecule has 0 aliphatic rings. The lowest BCUT2D eigenvalue weighted by molar-refractivity contribution is -0.451. The first-order chi connectivity index (χ1) is 13.5. The van der Waals surface area contributed by atoms with E-state index in [1.807, 2.05) is 0 Å². The molecule has 0 aliphatic heterocycles. The second-order valence-corrected chi connectivity index (χ2v) is 7.40. The number of rotatable bonds is 10. The van der Waals surface area contributed by atoms with Gasteiger partial charge in [0.2, 0.25) is 0 Å². The Morgan fingerprint density at radius 3 is 1.09 bits per heavy atom. The van der Waals surface area contributed by atoms with Crippen LogP contribution in [0.15, 0.2) is 0 Å². The van der Waals surface area contributed by atoms with Crippen molar-refractivity contribution in [1.29, 1.82) is 0 Å². The van der Waals surface area contributed by atoms with Gasteiger partial charge in [-0.2, -0.15) is 78.7 Å². The van der Waals surface area contributed by atoms with Gasteiger partial charge in [-0.1, -0.05) is 6.92 Å². The van der Waals surface area contributed by atoms with E-state index in [0.717, 1.165) is 0 Å². The van der Waals surface area contributed by atoms with E-state index in [0.29, 0.717) is 0 Å². The quantitative estimate of drug-likeness (QED) is 0.261. The van der Waals surface area contributed by atoms with E-state index in [-0.39, 0.29) is 13.1 Å². The molecule has 33 heavy (non-hydrogen) atoms. The summed E-state index contributed by atoms with van der Waals surface area (Å²) in [5, 5.41) is -7.84. The first-order valence-corrected chi connectivity index (χ1v) is 8.56. The van der Waals surface area contributed by atoms with Crippen LogP contribution in [0.5, 0.6) is 0 Å². The third-order valence-electron chi connectivity index (χ3n) is 3.83. The van der Waals surface area contributed by atoms with E-state index in [4.69, 9.17) is 4.55 Å². The molecule has 0 fully saturated rings. The number of hydrogen-bond donors (Lipinski definition) is 2. The van der Waals surface area contributed by atoms with Crippen LogP contribution in [-0.4, -0.2) is 65.9 Å². The Bertz CT molecular complexity index is 809. The topological polar surface area (TPSA) is 89.4 Å². The summed E-state index contributed by atoms with van der Waals surface area (Å²) < 4.78 is 252. The van der Waals surface area contributed by atoms with Gasteiger partial charge in [-0.15, -0.1) is 0 Å². The van der Waals surface area contributed by atoms with Crippen LogP contribution in [0.1, 0.15) is 13.3 Å². The van der Waals surface area contributed by atoms with Crippen molar-refractivity contribution in [3.63, 3.8) is 0 Å². The summed E-state index contributed by atoms with van der Waals surface area (Å²) >= 11 is 0. The fourth-order valence-electron chi connectivity index (χ4n) is 1.80. The fourth-order valence-corrected chi connectivity index (χ4v) is 2.25. The zero-order valence-corrected chi connectivity index (χ0v) is 15.9. The molecule has 1 atom stereocenters. The minimum atomic E-state index is -8.86. The fraction of sp³-hybridized carbons (Fsp3) is 1.00. The average molecular weight is 559 g/mol. The maximum absolute atomic E-state index is 13.4. The maximum Gasteiger partial charge on any atom is 0.438 e. The predicted octanol–water partition coefficient (Wildman–Crippen LogP) is 5.82. The molecule has 22 heteroatoms. The van der Waals surface area contributed by atoms with E-state index in [1.54, 1.807) is 0 Å². The van der Waals surface area contributed by atoms with Gasteiger partial charge in [0.15, 0.2) is 6.17 Å². The minimum Gasteiger partial charge on any atom is -0.344 e. The molecule has 0 aromatic carbocycles. The molecule has 0 saturated heterocycles. The summed E-state index contributed by atoms with van der Waals surface area (Å²) in [5.41, 5.74) is 0. The summed E-state index contributed by atoms with van der Waals surface area (Å²) in [5.74, 6) is -58.5. The highest BCUT2D eigenvalue weighted by Gasteiger charge is 2.96. The molecule has 0 amide bonds. The van der Waals surface area contributed by atoms with Crippen molar-refractivity contribution >= 4 is 10.1 Å². The summed E-state index contributed by atoms with van der Waals surface area (Å²) in [7, 11) is -7.90. The molecule has 0 radical (unpaired) electrons. The second kappa shape index (κ2) is 8.41. The molecule has 0 rings (SSSR count). The van der Waals surface area contributed by atoms with Crippen LogP contribution in [0, 0.1) is 0 Å². The van der Waals surface area contributed by atoms with Gasteiger partial charge in [-0.05, 0) is 6.42 Å². The number of halogens is 17. The Labute approximate surface area is 171 Å². The molecule has 0 heterocycles. The largest absolute Gasteiger partial charge is 0.438 e. The summed E-state index contributed by atoms with van der Waals surface area (Å²) in [6.45, 7) is 0.200. The molecular formula is C11H10F17NO3S. The number of alkyl halides is 17. The Balaban J connectivity index is 0. The maximum atomic E-state index is 13.4. The molecule has 0 spiro atoms. The molecule has 0 aromatic heterocycles. The van der Waals surface area contributed by atoms with Crippen LogP contribution >= 0.6 is 0 Å². The lowest BCUT2D eigenvalue weighted by Gasteiger charge is -2.43. The second-order valence-electron chi connectivity index (χ2n) is 5.94.